The molecule has 1 aliphatic rings. The molecule has 0 aliphatic carbocycles. The Morgan fingerprint density at radius 3 is 2.58 bits per heavy atom. The Bertz CT molecular complexity index is 1060. The average Bonchev–Trinajstić information content (AvgIpc) is 3.05. The smallest absolute Gasteiger partial charge is 0.322 e. The molecule has 1 fully saturated rings. The van der Waals surface area contributed by atoms with Crippen LogP contribution in [-0.4, -0.2) is 45.2 Å². The molecule has 33 heavy (non-hydrogen) atoms. The van der Waals surface area contributed by atoms with Crippen LogP contribution in [0.15, 0.2) is 59.5 Å². The van der Waals surface area contributed by atoms with Crippen molar-refractivity contribution in [3.05, 3.63) is 65.1 Å². The first-order chi connectivity index (χ1) is 15.9. The number of hydrogen-bond acceptors (Lipinski definition) is 6. The molecule has 1 saturated heterocycles. The molecule has 1 aliphatic heterocycles. The normalized spacial score (nSPS) is 14.5. The molecule has 3 rings (SSSR count). The molecular weight excluding hydrogens is 460 g/mol. The molecule has 0 aromatic heterocycles. The van der Waals surface area contributed by atoms with Crippen molar-refractivity contribution in [1.82, 2.24) is 10.2 Å². The number of aliphatic carboxylic acids is 1. The van der Waals surface area contributed by atoms with Crippen LogP contribution in [0.25, 0.3) is 6.08 Å². The van der Waals surface area contributed by atoms with E-state index >= 15 is 0 Å². The number of carboxylic acids is 1. The van der Waals surface area contributed by atoms with Gasteiger partial charge in [0, 0.05) is 13.0 Å². The van der Waals surface area contributed by atoms with Gasteiger partial charge in [0.2, 0.25) is 5.91 Å². The number of thioether (sulfide) groups is 1. The van der Waals surface area contributed by atoms with E-state index in [1.807, 2.05) is 60.7 Å². The molecule has 0 atom stereocenters. The molecule has 2 N–H and O–H groups in total. The molecule has 7 nitrogen and oxygen atoms in total. The first-order valence-electron chi connectivity index (χ1n) is 10.5. The molecule has 1 heterocycles. The molecule has 0 unspecified atom stereocenters. The van der Waals surface area contributed by atoms with Crippen LogP contribution in [0.1, 0.15) is 31.2 Å². The Hall–Kier alpha value is -3.17. The fraction of sp³-hybridized carbons (Fsp3) is 0.250. The zero-order chi connectivity index (χ0) is 23.6. The van der Waals surface area contributed by atoms with Crippen LogP contribution in [0.4, 0.5) is 0 Å². The highest BCUT2D eigenvalue weighted by Crippen LogP contribution is 2.33. The number of carboxylic acid groups (broad SMARTS) is 1. The summed E-state index contributed by atoms with van der Waals surface area (Å²) in [7, 11) is 0. The van der Waals surface area contributed by atoms with E-state index in [9.17, 15) is 14.4 Å². The summed E-state index contributed by atoms with van der Waals surface area (Å²) >= 11 is 6.66. The zero-order valence-corrected chi connectivity index (χ0v) is 19.5. The topological polar surface area (TPSA) is 95.9 Å². The lowest BCUT2D eigenvalue weighted by molar-refractivity contribution is -0.137. The summed E-state index contributed by atoms with van der Waals surface area (Å²) in [6.07, 6.45) is 4.11. The van der Waals surface area contributed by atoms with Crippen LogP contribution >= 0.6 is 24.0 Å². The van der Waals surface area contributed by atoms with E-state index in [-0.39, 0.29) is 24.8 Å². The van der Waals surface area contributed by atoms with E-state index in [1.54, 1.807) is 4.90 Å². The largest absolute Gasteiger partial charge is 0.480 e. The molecule has 9 heteroatoms. The summed E-state index contributed by atoms with van der Waals surface area (Å²) in [6.45, 7) is 0.110. The zero-order valence-electron chi connectivity index (χ0n) is 17.9. The van der Waals surface area contributed by atoms with Crippen LogP contribution < -0.4 is 10.1 Å². The van der Waals surface area contributed by atoms with Crippen LogP contribution in [0.2, 0.25) is 0 Å². The third kappa shape index (κ3) is 7.73. The van der Waals surface area contributed by atoms with Crippen LogP contribution in [0.5, 0.6) is 11.5 Å². The van der Waals surface area contributed by atoms with Gasteiger partial charge in [-0.05, 0) is 48.7 Å². The minimum Gasteiger partial charge on any atom is -0.480 e. The van der Waals surface area contributed by atoms with Gasteiger partial charge >= 0.3 is 5.97 Å². The highest BCUT2D eigenvalue weighted by atomic mass is 32.2. The summed E-state index contributed by atoms with van der Waals surface area (Å²) in [5.41, 5.74) is 0.844. The summed E-state index contributed by atoms with van der Waals surface area (Å²) in [5.74, 6) is -0.0672. The van der Waals surface area contributed by atoms with Gasteiger partial charge in [-0.25, -0.2) is 0 Å². The lowest BCUT2D eigenvalue weighted by Crippen LogP contribution is -2.29. The Morgan fingerprint density at radius 2 is 1.82 bits per heavy atom. The van der Waals surface area contributed by atoms with Gasteiger partial charge in [-0.1, -0.05) is 60.7 Å². The van der Waals surface area contributed by atoms with Crippen molar-refractivity contribution in [2.75, 3.05) is 13.1 Å². The SMILES string of the molecule is O=C(O)CNC(=O)CCCCCN1C(=O)/C(=C/c2cccc(Oc3ccccc3)c2)SC1=S. The standard InChI is InChI=1S/C24H24N2O5S2/c27-21(25-16-22(28)29)12-5-2-6-13-26-23(30)20(33-24(26)32)15-17-8-7-11-19(14-17)31-18-9-3-1-4-10-18/h1,3-4,7-11,14-15H,2,5-6,12-13,16H2,(H,25,27)(H,28,29)/b20-15-. The third-order valence-electron chi connectivity index (χ3n) is 4.73. The van der Waals surface area contributed by atoms with Gasteiger partial charge in [0.05, 0.1) is 4.91 Å². The minimum absolute atomic E-state index is 0.126. The third-order valence-corrected chi connectivity index (χ3v) is 6.11. The van der Waals surface area contributed by atoms with Crippen molar-refractivity contribution < 1.29 is 24.2 Å². The number of nitrogens with zero attached hydrogens (tertiary/aromatic N) is 1. The number of carbonyl (C=O) groups excluding carboxylic acids is 2. The summed E-state index contributed by atoms with van der Waals surface area (Å²) in [5, 5.41) is 10.9. The lowest BCUT2D eigenvalue weighted by atomic mass is 10.1. The van der Waals surface area contributed by atoms with Crippen LogP contribution in [0.3, 0.4) is 0 Å². The van der Waals surface area contributed by atoms with Crippen molar-refractivity contribution in [2.24, 2.45) is 0 Å². The number of benzene rings is 2. The van der Waals surface area contributed by atoms with Crippen molar-refractivity contribution in [3.63, 3.8) is 0 Å². The van der Waals surface area contributed by atoms with E-state index in [2.05, 4.69) is 5.32 Å². The van der Waals surface area contributed by atoms with Gasteiger partial charge in [-0.3, -0.25) is 19.3 Å². The molecule has 0 bridgehead atoms. The maximum Gasteiger partial charge on any atom is 0.322 e. The Labute approximate surface area is 201 Å². The molecule has 2 amide bonds. The average molecular weight is 485 g/mol. The van der Waals surface area contributed by atoms with Gasteiger partial charge in [0.15, 0.2) is 0 Å². The number of rotatable bonds is 11. The van der Waals surface area contributed by atoms with Gasteiger partial charge < -0.3 is 15.2 Å². The molecule has 2 aromatic carbocycles. The second-order valence-electron chi connectivity index (χ2n) is 7.30. The van der Waals surface area contributed by atoms with E-state index < -0.39 is 5.97 Å². The van der Waals surface area contributed by atoms with E-state index in [4.69, 9.17) is 22.1 Å². The first kappa shape index (κ1) is 24.5. The highest BCUT2D eigenvalue weighted by molar-refractivity contribution is 8.26. The lowest BCUT2D eigenvalue weighted by Gasteiger charge is -2.14. The van der Waals surface area contributed by atoms with Crippen molar-refractivity contribution in [3.8, 4) is 11.5 Å². The molecule has 172 valence electrons. The van der Waals surface area contributed by atoms with E-state index in [1.165, 1.54) is 11.8 Å². The van der Waals surface area contributed by atoms with E-state index in [0.717, 1.165) is 17.7 Å². The maximum absolute atomic E-state index is 12.8. The molecule has 0 radical (unpaired) electrons. The predicted molar refractivity (Wildman–Crippen MR) is 132 cm³/mol. The molecular formula is C24H24N2O5S2. The van der Waals surface area contributed by atoms with Gasteiger partial charge in [0.25, 0.3) is 5.91 Å². The van der Waals surface area contributed by atoms with Crippen LogP contribution in [0, 0.1) is 0 Å². The van der Waals surface area contributed by atoms with Gasteiger partial charge in [-0.15, -0.1) is 0 Å². The number of thiocarbonyl (C=S) groups is 1. The number of para-hydroxylation sites is 1. The fourth-order valence-corrected chi connectivity index (χ4v) is 4.44. The number of unbranched alkanes of at least 4 members (excludes halogenated alkanes) is 2. The highest BCUT2D eigenvalue weighted by Gasteiger charge is 2.31. The Balaban J connectivity index is 1.50. The predicted octanol–water partition coefficient (Wildman–Crippen LogP) is 4.44. The Kier molecular flexibility index (Phi) is 9.03. The van der Waals surface area contributed by atoms with Gasteiger partial charge in [0.1, 0.15) is 22.4 Å². The number of nitrogens with one attached hydrogen (secondary N) is 1. The molecule has 0 spiro atoms. The summed E-state index contributed by atoms with van der Waals surface area (Å²) in [6, 6.07) is 17.0. The number of hydrogen-bond donors (Lipinski definition) is 2. The monoisotopic (exact) mass is 484 g/mol. The van der Waals surface area contributed by atoms with Crippen molar-refractivity contribution in [2.45, 2.75) is 25.7 Å². The molecule has 2 aromatic rings. The summed E-state index contributed by atoms with van der Waals surface area (Å²) < 4.78 is 6.37. The number of carbonyl (C=O) groups is 3. The number of amides is 2. The maximum atomic E-state index is 12.8. The second kappa shape index (κ2) is 12.2. The number of ether oxygens (including phenoxy) is 1. The Morgan fingerprint density at radius 1 is 1.06 bits per heavy atom. The van der Waals surface area contributed by atoms with E-state index in [0.29, 0.717) is 34.4 Å². The first-order valence-corrected chi connectivity index (χ1v) is 11.7. The van der Waals surface area contributed by atoms with Crippen molar-refractivity contribution >= 4 is 52.2 Å². The second-order valence-corrected chi connectivity index (χ2v) is 8.98. The van der Waals surface area contributed by atoms with Gasteiger partial charge in [-0.2, -0.15) is 0 Å². The minimum atomic E-state index is -1.07. The molecule has 0 saturated carbocycles. The van der Waals surface area contributed by atoms with Crippen LogP contribution in [-0.2, 0) is 14.4 Å². The fourth-order valence-electron chi connectivity index (χ4n) is 3.13. The summed E-state index contributed by atoms with van der Waals surface area (Å²) in [4.78, 5) is 36.9. The quantitative estimate of drug-likeness (QED) is 0.276. The van der Waals surface area contributed by atoms with Crippen molar-refractivity contribution in [1.29, 1.82) is 0 Å².